The van der Waals surface area contributed by atoms with Crippen LogP contribution in [0, 0.1) is 0 Å². The molecule has 0 saturated heterocycles. The molecule has 0 aliphatic heterocycles. The number of benzene rings is 2. The third-order valence-corrected chi connectivity index (χ3v) is 6.28. The molecular formula is C27H31NO2S. The van der Waals surface area contributed by atoms with E-state index in [2.05, 4.69) is 36.2 Å². The maximum atomic E-state index is 11.5. The molecular weight excluding hydrogens is 402 g/mol. The second-order valence-corrected chi connectivity index (χ2v) is 8.79. The Morgan fingerprint density at radius 3 is 2.19 bits per heavy atom. The molecule has 0 bridgehead atoms. The van der Waals surface area contributed by atoms with Crippen LogP contribution in [0.25, 0.3) is 21.7 Å². The summed E-state index contributed by atoms with van der Waals surface area (Å²) in [4.78, 5) is 17.5. The summed E-state index contributed by atoms with van der Waals surface area (Å²) >= 11 is 1.80. The SMILES string of the molecule is CC=CC(=O)Oc1ccc(-c2ccc(-c3ncc(CCCCCCCC)s3)cc2)cc1. The number of carbonyl (C=O) groups excluding carboxylic acids is 1. The fourth-order valence-electron chi connectivity index (χ4n) is 3.44. The molecule has 0 N–H and O–H groups in total. The largest absolute Gasteiger partial charge is 0.423 e. The standard InChI is InChI=1S/C27H31NO2S/c1-3-5-6-7-8-9-11-25-20-28-27(31-25)23-14-12-21(13-15-23)22-16-18-24(19-17-22)30-26(29)10-4-2/h4,10,12-20H,3,5-9,11H2,1-2H3. The van der Waals surface area contributed by atoms with Gasteiger partial charge in [-0.05, 0) is 43.0 Å². The van der Waals surface area contributed by atoms with E-state index in [1.807, 2.05) is 30.5 Å². The average Bonchev–Trinajstić information content (AvgIpc) is 3.26. The zero-order valence-corrected chi connectivity index (χ0v) is 19.3. The van der Waals surface area contributed by atoms with Crippen molar-refractivity contribution in [1.82, 2.24) is 4.98 Å². The van der Waals surface area contributed by atoms with Gasteiger partial charge in [0.1, 0.15) is 10.8 Å². The highest BCUT2D eigenvalue weighted by Crippen LogP contribution is 2.29. The quantitative estimate of drug-likeness (QED) is 0.134. The number of aryl methyl sites for hydroxylation is 1. The van der Waals surface area contributed by atoms with Crippen LogP contribution < -0.4 is 4.74 Å². The van der Waals surface area contributed by atoms with E-state index in [9.17, 15) is 4.79 Å². The minimum Gasteiger partial charge on any atom is -0.423 e. The number of rotatable bonds is 11. The van der Waals surface area contributed by atoms with E-state index in [-0.39, 0.29) is 5.97 Å². The highest BCUT2D eigenvalue weighted by molar-refractivity contribution is 7.15. The van der Waals surface area contributed by atoms with Crippen molar-refractivity contribution < 1.29 is 9.53 Å². The Balaban J connectivity index is 1.55. The molecule has 0 spiro atoms. The van der Waals surface area contributed by atoms with E-state index in [0.717, 1.165) is 28.1 Å². The number of aromatic nitrogens is 1. The monoisotopic (exact) mass is 433 g/mol. The van der Waals surface area contributed by atoms with Crippen LogP contribution in [0.15, 0.2) is 66.9 Å². The molecule has 162 valence electrons. The van der Waals surface area contributed by atoms with Gasteiger partial charge in [-0.15, -0.1) is 11.3 Å². The van der Waals surface area contributed by atoms with Gasteiger partial charge in [-0.2, -0.15) is 0 Å². The third kappa shape index (κ3) is 7.18. The summed E-state index contributed by atoms with van der Waals surface area (Å²) in [6.07, 6.45) is 14.2. The molecule has 0 aliphatic rings. The van der Waals surface area contributed by atoms with Crippen LogP contribution in [-0.2, 0) is 11.2 Å². The van der Waals surface area contributed by atoms with Crippen molar-refractivity contribution in [1.29, 1.82) is 0 Å². The Kier molecular flexibility index (Phi) is 9.04. The van der Waals surface area contributed by atoms with Gasteiger partial charge in [0.05, 0.1) is 0 Å². The van der Waals surface area contributed by atoms with Crippen molar-refractivity contribution in [2.45, 2.75) is 58.8 Å². The van der Waals surface area contributed by atoms with Crippen LogP contribution in [0.5, 0.6) is 5.75 Å². The average molecular weight is 434 g/mol. The number of esters is 1. The molecule has 1 heterocycles. The topological polar surface area (TPSA) is 39.2 Å². The lowest BCUT2D eigenvalue weighted by atomic mass is 10.0. The van der Waals surface area contributed by atoms with E-state index >= 15 is 0 Å². The number of carbonyl (C=O) groups is 1. The maximum absolute atomic E-state index is 11.5. The number of nitrogens with zero attached hydrogens (tertiary/aromatic N) is 1. The summed E-state index contributed by atoms with van der Waals surface area (Å²) in [6, 6.07) is 16.1. The predicted octanol–water partition coefficient (Wildman–Crippen LogP) is 7.86. The van der Waals surface area contributed by atoms with Crippen molar-refractivity contribution in [2.24, 2.45) is 0 Å². The van der Waals surface area contributed by atoms with Crippen molar-refractivity contribution >= 4 is 17.3 Å². The third-order valence-electron chi connectivity index (χ3n) is 5.17. The molecule has 1 aromatic heterocycles. The molecule has 4 heteroatoms. The first-order valence-electron chi connectivity index (χ1n) is 11.2. The second-order valence-electron chi connectivity index (χ2n) is 7.67. The van der Waals surface area contributed by atoms with E-state index in [0.29, 0.717) is 5.75 Å². The van der Waals surface area contributed by atoms with Gasteiger partial charge in [0.2, 0.25) is 0 Å². The Bertz CT molecular complexity index is 971. The highest BCUT2D eigenvalue weighted by Gasteiger charge is 2.07. The summed E-state index contributed by atoms with van der Waals surface area (Å²) in [5, 5.41) is 1.08. The molecule has 0 amide bonds. The lowest BCUT2D eigenvalue weighted by Crippen LogP contribution is -2.03. The van der Waals surface area contributed by atoms with Crippen LogP contribution >= 0.6 is 11.3 Å². The van der Waals surface area contributed by atoms with Gasteiger partial charge < -0.3 is 4.74 Å². The molecule has 0 saturated carbocycles. The van der Waals surface area contributed by atoms with Gasteiger partial charge in [0.15, 0.2) is 0 Å². The highest BCUT2D eigenvalue weighted by atomic mass is 32.1. The summed E-state index contributed by atoms with van der Waals surface area (Å²) in [6.45, 7) is 4.04. The Morgan fingerprint density at radius 1 is 0.903 bits per heavy atom. The van der Waals surface area contributed by atoms with Crippen molar-refractivity contribution in [2.75, 3.05) is 0 Å². The van der Waals surface area contributed by atoms with Gasteiger partial charge in [-0.1, -0.05) is 81.5 Å². The molecule has 0 unspecified atom stereocenters. The minimum atomic E-state index is -0.362. The zero-order chi connectivity index (χ0) is 21.9. The lowest BCUT2D eigenvalue weighted by Gasteiger charge is -2.05. The number of unbranched alkanes of at least 4 members (excludes halogenated alkanes) is 5. The smallest absolute Gasteiger partial charge is 0.335 e. The molecule has 3 nitrogen and oxygen atoms in total. The number of hydrogen-bond donors (Lipinski definition) is 0. The lowest BCUT2D eigenvalue weighted by molar-refractivity contribution is -0.129. The van der Waals surface area contributed by atoms with Crippen LogP contribution in [0.3, 0.4) is 0 Å². The predicted molar refractivity (Wildman–Crippen MR) is 131 cm³/mol. The van der Waals surface area contributed by atoms with Gasteiger partial charge >= 0.3 is 5.97 Å². The fraction of sp³-hybridized carbons (Fsp3) is 0.333. The number of ether oxygens (including phenoxy) is 1. The summed E-state index contributed by atoms with van der Waals surface area (Å²) in [5.74, 6) is 0.183. The van der Waals surface area contributed by atoms with Crippen LogP contribution in [-0.4, -0.2) is 11.0 Å². The summed E-state index contributed by atoms with van der Waals surface area (Å²) in [7, 11) is 0. The zero-order valence-electron chi connectivity index (χ0n) is 18.5. The van der Waals surface area contributed by atoms with Crippen molar-refractivity contribution in [3.63, 3.8) is 0 Å². The fourth-order valence-corrected chi connectivity index (χ4v) is 4.40. The van der Waals surface area contributed by atoms with Gasteiger partial charge in [-0.25, -0.2) is 9.78 Å². The first-order chi connectivity index (χ1) is 15.2. The van der Waals surface area contributed by atoms with E-state index < -0.39 is 0 Å². The van der Waals surface area contributed by atoms with Gasteiger partial charge in [-0.3, -0.25) is 0 Å². The molecule has 0 radical (unpaired) electrons. The maximum Gasteiger partial charge on any atom is 0.335 e. The van der Waals surface area contributed by atoms with Gasteiger partial charge in [0, 0.05) is 22.7 Å². The van der Waals surface area contributed by atoms with E-state index in [1.165, 1.54) is 49.5 Å². The van der Waals surface area contributed by atoms with E-state index in [1.54, 1.807) is 24.3 Å². The normalized spacial score (nSPS) is 11.2. The molecule has 31 heavy (non-hydrogen) atoms. The number of allylic oxidation sites excluding steroid dienone is 1. The number of hydrogen-bond acceptors (Lipinski definition) is 4. The molecule has 2 aromatic carbocycles. The molecule has 0 aliphatic carbocycles. The molecule has 3 aromatic rings. The second kappa shape index (κ2) is 12.2. The molecule has 0 fully saturated rings. The Hall–Kier alpha value is -2.72. The molecule has 3 rings (SSSR count). The van der Waals surface area contributed by atoms with Crippen LogP contribution in [0.1, 0.15) is 57.2 Å². The van der Waals surface area contributed by atoms with E-state index in [4.69, 9.17) is 4.74 Å². The first kappa shape index (κ1) is 23.0. The Labute approximate surface area is 189 Å². The minimum absolute atomic E-state index is 0.362. The van der Waals surface area contributed by atoms with Crippen molar-refractivity contribution in [3.05, 3.63) is 71.8 Å². The summed E-state index contributed by atoms with van der Waals surface area (Å²) in [5.41, 5.74) is 3.36. The van der Waals surface area contributed by atoms with Gasteiger partial charge in [0.25, 0.3) is 0 Å². The first-order valence-corrected chi connectivity index (χ1v) is 12.0. The summed E-state index contributed by atoms with van der Waals surface area (Å²) < 4.78 is 5.24. The molecule has 0 atom stereocenters. The van der Waals surface area contributed by atoms with Crippen LogP contribution in [0.4, 0.5) is 0 Å². The number of thiazole rings is 1. The van der Waals surface area contributed by atoms with Crippen molar-refractivity contribution in [3.8, 4) is 27.4 Å². The Morgan fingerprint density at radius 2 is 1.52 bits per heavy atom. The van der Waals surface area contributed by atoms with Crippen LogP contribution in [0.2, 0.25) is 0 Å².